The molecule has 9 heteroatoms. The van der Waals surface area contributed by atoms with Crippen molar-refractivity contribution < 1.29 is 8.78 Å². The SMILES string of the molecule is O=c1cc2c(nn1CCN1CCN(c3nc(C(F)F)nc4ccccc34)CC1)CCCC2. The molecule has 32 heavy (non-hydrogen) atoms. The van der Waals surface area contributed by atoms with Crippen molar-refractivity contribution in [3.8, 4) is 0 Å². The van der Waals surface area contributed by atoms with Gasteiger partial charge in [0, 0.05) is 44.2 Å². The van der Waals surface area contributed by atoms with Gasteiger partial charge in [-0.15, -0.1) is 0 Å². The smallest absolute Gasteiger partial charge is 0.297 e. The summed E-state index contributed by atoms with van der Waals surface area (Å²) in [6, 6.07) is 9.03. The van der Waals surface area contributed by atoms with E-state index in [9.17, 15) is 13.6 Å². The molecule has 0 atom stereocenters. The van der Waals surface area contributed by atoms with Crippen LogP contribution in [0, 0.1) is 0 Å². The Balaban J connectivity index is 1.26. The molecule has 0 radical (unpaired) electrons. The fourth-order valence-electron chi connectivity index (χ4n) is 4.60. The molecule has 1 saturated heterocycles. The summed E-state index contributed by atoms with van der Waals surface area (Å²) < 4.78 is 28.2. The Bertz CT molecular complexity index is 1170. The summed E-state index contributed by atoms with van der Waals surface area (Å²) in [6.07, 6.45) is 1.45. The molecule has 2 aliphatic rings. The summed E-state index contributed by atoms with van der Waals surface area (Å²) in [4.78, 5) is 24.9. The molecule has 3 heterocycles. The van der Waals surface area contributed by atoms with Crippen LogP contribution in [-0.4, -0.2) is 57.4 Å². The average Bonchev–Trinajstić information content (AvgIpc) is 2.82. The molecule has 1 aliphatic heterocycles. The molecule has 168 valence electrons. The molecular formula is C23H26F2N6O. The number of hydrogen-bond donors (Lipinski definition) is 0. The van der Waals surface area contributed by atoms with Gasteiger partial charge in [0.25, 0.3) is 12.0 Å². The van der Waals surface area contributed by atoms with E-state index in [0.717, 1.165) is 62.0 Å². The maximum absolute atomic E-state index is 13.3. The van der Waals surface area contributed by atoms with E-state index in [4.69, 9.17) is 0 Å². The highest BCUT2D eigenvalue weighted by atomic mass is 19.3. The number of benzene rings is 1. The predicted molar refractivity (Wildman–Crippen MR) is 118 cm³/mol. The second-order valence-electron chi connectivity index (χ2n) is 8.44. The summed E-state index contributed by atoms with van der Waals surface area (Å²) in [7, 11) is 0. The van der Waals surface area contributed by atoms with Crippen LogP contribution in [0.3, 0.4) is 0 Å². The number of halogens is 2. The topological polar surface area (TPSA) is 67.2 Å². The molecule has 7 nitrogen and oxygen atoms in total. The minimum Gasteiger partial charge on any atom is -0.353 e. The van der Waals surface area contributed by atoms with Crippen molar-refractivity contribution in [3.05, 3.63) is 57.8 Å². The lowest BCUT2D eigenvalue weighted by Gasteiger charge is -2.36. The first-order valence-electron chi connectivity index (χ1n) is 11.2. The highest BCUT2D eigenvalue weighted by Gasteiger charge is 2.23. The number of para-hydroxylation sites is 1. The van der Waals surface area contributed by atoms with E-state index in [2.05, 4.69) is 24.9 Å². The van der Waals surface area contributed by atoms with Gasteiger partial charge in [0.05, 0.1) is 17.8 Å². The molecule has 0 N–H and O–H groups in total. The van der Waals surface area contributed by atoms with E-state index in [1.807, 2.05) is 12.1 Å². The van der Waals surface area contributed by atoms with Crippen LogP contribution in [0.4, 0.5) is 14.6 Å². The molecule has 0 amide bonds. The third kappa shape index (κ3) is 4.21. The molecule has 0 saturated carbocycles. The molecule has 3 aromatic rings. The number of piperazine rings is 1. The highest BCUT2D eigenvalue weighted by molar-refractivity contribution is 5.89. The summed E-state index contributed by atoms with van der Waals surface area (Å²) in [5.41, 5.74) is 2.67. The van der Waals surface area contributed by atoms with Crippen molar-refractivity contribution in [1.82, 2.24) is 24.6 Å². The van der Waals surface area contributed by atoms with Crippen LogP contribution in [0.15, 0.2) is 35.1 Å². The van der Waals surface area contributed by atoms with Crippen molar-refractivity contribution in [2.24, 2.45) is 0 Å². The lowest BCUT2D eigenvalue weighted by Crippen LogP contribution is -2.48. The maximum atomic E-state index is 13.3. The zero-order valence-corrected chi connectivity index (χ0v) is 17.9. The number of hydrogen-bond acceptors (Lipinski definition) is 6. The molecule has 1 aromatic carbocycles. The number of fused-ring (bicyclic) bond motifs is 2. The molecule has 0 bridgehead atoms. The van der Waals surface area contributed by atoms with Crippen LogP contribution in [0.5, 0.6) is 0 Å². The zero-order valence-electron chi connectivity index (χ0n) is 17.9. The first-order chi connectivity index (χ1) is 15.6. The summed E-state index contributed by atoms with van der Waals surface area (Å²) in [6.45, 7) is 4.17. The maximum Gasteiger partial charge on any atom is 0.297 e. The van der Waals surface area contributed by atoms with E-state index in [1.54, 1.807) is 22.9 Å². The standard InChI is InChI=1S/C23H26F2N6O/c24-21(25)22-26-19-8-4-2-6-17(19)23(27-22)30-12-9-29(10-13-30)11-14-31-20(32)15-16-5-1-3-7-18(16)28-31/h2,4,6,8,15,21H,1,3,5,7,9-14H2. The quantitative estimate of drug-likeness (QED) is 0.608. The number of aryl methyl sites for hydroxylation is 2. The molecule has 5 rings (SSSR count). The fourth-order valence-corrected chi connectivity index (χ4v) is 4.60. The minimum absolute atomic E-state index is 0.0312. The van der Waals surface area contributed by atoms with Crippen molar-refractivity contribution in [3.63, 3.8) is 0 Å². The van der Waals surface area contributed by atoms with Gasteiger partial charge in [-0.1, -0.05) is 12.1 Å². The van der Waals surface area contributed by atoms with E-state index >= 15 is 0 Å². The fraction of sp³-hybridized carbons (Fsp3) is 0.478. The number of alkyl halides is 2. The van der Waals surface area contributed by atoms with Crippen molar-refractivity contribution in [2.45, 2.75) is 38.7 Å². The normalized spacial score (nSPS) is 17.2. The lowest BCUT2D eigenvalue weighted by molar-refractivity contribution is 0.141. The van der Waals surface area contributed by atoms with Gasteiger partial charge >= 0.3 is 0 Å². The summed E-state index contributed by atoms with van der Waals surface area (Å²) in [5.74, 6) is 0.136. The van der Waals surface area contributed by atoms with Crippen LogP contribution < -0.4 is 10.5 Å². The third-order valence-corrected chi connectivity index (χ3v) is 6.37. The molecule has 1 aliphatic carbocycles. The Hall–Kier alpha value is -2.94. The number of nitrogens with zero attached hydrogens (tertiary/aromatic N) is 6. The Kier molecular flexibility index (Phi) is 5.82. The Morgan fingerprint density at radius 2 is 1.75 bits per heavy atom. The molecule has 0 unspecified atom stereocenters. The third-order valence-electron chi connectivity index (χ3n) is 6.37. The van der Waals surface area contributed by atoms with Gasteiger partial charge < -0.3 is 4.90 Å². The minimum atomic E-state index is -2.71. The van der Waals surface area contributed by atoms with Crippen LogP contribution in [0.2, 0.25) is 0 Å². The number of rotatable bonds is 5. The second kappa shape index (κ2) is 8.90. The Labute approximate surface area is 184 Å². The molecule has 0 spiro atoms. The van der Waals surface area contributed by atoms with Gasteiger partial charge in [0.1, 0.15) is 5.82 Å². The van der Waals surface area contributed by atoms with Gasteiger partial charge in [-0.3, -0.25) is 9.69 Å². The van der Waals surface area contributed by atoms with Crippen LogP contribution in [0.25, 0.3) is 10.9 Å². The Morgan fingerprint density at radius 1 is 0.969 bits per heavy atom. The highest BCUT2D eigenvalue weighted by Crippen LogP contribution is 2.27. The van der Waals surface area contributed by atoms with E-state index in [1.165, 1.54) is 0 Å². The second-order valence-corrected chi connectivity index (χ2v) is 8.44. The molecule has 1 fully saturated rings. The van der Waals surface area contributed by atoms with Crippen molar-refractivity contribution in [2.75, 3.05) is 37.6 Å². The number of anilines is 1. The average molecular weight is 440 g/mol. The first-order valence-corrected chi connectivity index (χ1v) is 11.2. The van der Waals surface area contributed by atoms with E-state index in [-0.39, 0.29) is 5.56 Å². The first kappa shape index (κ1) is 20.9. The Morgan fingerprint density at radius 3 is 2.56 bits per heavy atom. The van der Waals surface area contributed by atoms with Crippen molar-refractivity contribution in [1.29, 1.82) is 0 Å². The largest absolute Gasteiger partial charge is 0.353 e. The molecular weight excluding hydrogens is 414 g/mol. The van der Waals surface area contributed by atoms with Crippen LogP contribution >= 0.6 is 0 Å². The van der Waals surface area contributed by atoms with Crippen molar-refractivity contribution >= 4 is 16.7 Å². The summed E-state index contributed by atoms with van der Waals surface area (Å²) in [5, 5.41) is 5.39. The van der Waals surface area contributed by atoms with Crippen LogP contribution in [0.1, 0.15) is 36.3 Å². The van der Waals surface area contributed by atoms with Gasteiger partial charge in [0.15, 0.2) is 5.82 Å². The van der Waals surface area contributed by atoms with Gasteiger partial charge in [-0.05, 0) is 43.4 Å². The van der Waals surface area contributed by atoms with E-state index in [0.29, 0.717) is 31.0 Å². The lowest BCUT2D eigenvalue weighted by atomic mass is 9.97. The van der Waals surface area contributed by atoms with Crippen LogP contribution in [-0.2, 0) is 19.4 Å². The monoisotopic (exact) mass is 440 g/mol. The van der Waals surface area contributed by atoms with Gasteiger partial charge in [-0.2, -0.15) is 5.10 Å². The predicted octanol–water partition coefficient (Wildman–Crippen LogP) is 2.83. The van der Waals surface area contributed by atoms with E-state index < -0.39 is 12.2 Å². The molecule has 2 aromatic heterocycles. The van der Waals surface area contributed by atoms with Gasteiger partial charge in [0.2, 0.25) is 0 Å². The van der Waals surface area contributed by atoms with Gasteiger partial charge in [-0.25, -0.2) is 23.4 Å². The zero-order chi connectivity index (χ0) is 22.1. The summed E-state index contributed by atoms with van der Waals surface area (Å²) >= 11 is 0. The number of aromatic nitrogens is 4.